The molecule has 0 N–H and O–H groups in total. The van der Waals surface area contributed by atoms with E-state index >= 15 is 0 Å². The van der Waals surface area contributed by atoms with Crippen LogP contribution in [-0.2, 0) is 0 Å². The molecule has 0 unspecified atom stereocenters. The zero-order valence-electron chi connectivity index (χ0n) is 10.3. The summed E-state index contributed by atoms with van der Waals surface area (Å²) >= 11 is 0.353. The first-order valence-electron chi connectivity index (χ1n) is 5.99. The summed E-state index contributed by atoms with van der Waals surface area (Å²) in [6.45, 7) is 3.80. The Kier molecular flexibility index (Phi) is 5.01. The molecule has 2 rings (SSSR count). The second-order valence-electron chi connectivity index (χ2n) is 3.87. The van der Waals surface area contributed by atoms with Crippen molar-refractivity contribution < 1.29 is 0 Å². The second kappa shape index (κ2) is 7.00. The van der Waals surface area contributed by atoms with Crippen molar-refractivity contribution in [2.75, 3.05) is 0 Å². The zero-order valence-corrected chi connectivity index (χ0v) is 12.0. The fraction of sp³-hybridized carbons (Fsp3) is 0.0588. The average Bonchev–Trinajstić information content (AvgIpc) is 2.45. The third-order valence-corrected chi connectivity index (χ3v) is 4.87. The molecule has 0 aliphatic carbocycles. The zero-order chi connectivity index (χ0) is 12.6. The molecule has 0 amide bonds. The van der Waals surface area contributed by atoms with E-state index in [1.54, 1.807) is 0 Å². The van der Waals surface area contributed by atoms with Gasteiger partial charge in [-0.15, -0.1) is 0 Å². The van der Waals surface area contributed by atoms with Gasteiger partial charge < -0.3 is 0 Å². The first kappa shape index (κ1) is 12.9. The van der Waals surface area contributed by atoms with Crippen LogP contribution in [0.4, 0.5) is 0 Å². The van der Waals surface area contributed by atoms with E-state index in [2.05, 4.69) is 73.3 Å². The predicted molar refractivity (Wildman–Crippen MR) is 81.1 cm³/mol. The third kappa shape index (κ3) is 3.73. The summed E-state index contributed by atoms with van der Waals surface area (Å²) in [5, 5.41) is 0. The molecule has 0 heterocycles. The fourth-order valence-corrected chi connectivity index (χ4v) is 3.68. The molecule has 0 bridgehead atoms. The SMILES string of the molecule is C=CC/C=C(\[Se]c1ccccc1)c1ccccc1. The molecule has 0 aliphatic rings. The third-order valence-electron chi connectivity index (χ3n) is 2.50. The summed E-state index contributed by atoms with van der Waals surface area (Å²) in [5.74, 6) is 0. The van der Waals surface area contributed by atoms with Crippen molar-refractivity contribution >= 4 is 23.9 Å². The Labute approximate surface area is 115 Å². The van der Waals surface area contributed by atoms with E-state index in [0.29, 0.717) is 15.0 Å². The standard InChI is InChI=1S/C17H16Se/c1-2-3-14-17(15-10-6-4-7-11-15)18-16-12-8-5-9-13-16/h2,4-14H,1,3H2/b17-14-. The summed E-state index contributed by atoms with van der Waals surface area (Å²) in [6, 6.07) is 21.3. The van der Waals surface area contributed by atoms with E-state index < -0.39 is 0 Å². The molecule has 0 aliphatic heterocycles. The van der Waals surface area contributed by atoms with E-state index in [1.807, 2.05) is 6.08 Å². The molecule has 0 spiro atoms. The second-order valence-corrected chi connectivity index (χ2v) is 6.21. The molecule has 90 valence electrons. The van der Waals surface area contributed by atoms with Gasteiger partial charge in [0.15, 0.2) is 0 Å². The summed E-state index contributed by atoms with van der Waals surface area (Å²) < 4.78 is 2.83. The van der Waals surface area contributed by atoms with Gasteiger partial charge in [0.25, 0.3) is 0 Å². The van der Waals surface area contributed by atoms with Gasteiger partial charge in [0.2, 0.25) is 0 Å². The molecule has 0 saturated carbocycles. The van der Waals surface area contributed by atoms with Crippen molar-refractivity contribution in [2.45, 2.75) is 6.42 Å². The summed E-state index contributed by atoms with van der Waals surface area (Å²) in [6.07, 6.45) is 5.16. The van der Waals surface area contributed by atoms with Crippen LogP contribution in [-0.4, -0.2) is 15.0 Å². The van der Waals surface area contributed by atoms with Crippen LogP contribution in [0.25, 0.3) is 4.47 Å². The number of allylic oxidation sites excluding steroid dienone is 2. The monoisotopic (exact) mass is 300 g/mol. The molecule has 18 heavy (non-hydrogen) atoms. The number of benzene rings is 2. The number of hydrogen-bond acceptors (Lipinski definition) is 0. The molecule has 0 fully saturated rings. The van der Waals surface area contributed by atoms with Crippen LogP contribution < -0.4 is 4.46 Å². The summed E-state index contributed by atoms with van der Waals surface area (Å²) in [5.41, 5.74) is 1.32. The van der Waals surface area contributed by atoms with Crippen molar-refractivity contribution in [1.82, 2.24) is 0 Å². The van der Waals surface area contributed by atoms with Crippen LogP contribution in [0.1, 0.15) is 12.0 Å². The molecule has 2 aromatic rings. The van der Waals surface area contributed by atoms with Crippen LogP contribution in [0.5, 0.6) is 0 Å². The molecule has 0 nitrogen and oxygen atoms in total. The molecule has 0 aromatic heterocycles. The Morgan fingerprint density at radius 1 is 0.944 bits per heavy atom. The van der Waals surface area contributed by atoms with Crippen LogP contribution >= 0.6 is 0 Å². The van der Waals surface area contributed by atoms with Gasteiger partial charge in [0.1, 0.15) is 0 Å². The van der Waals surface area contributed by atoms with E-state index in [1.165, 1.54) is 14.5 Å². The topological polar surface area (TPSA) is 0 Å². The van der Waals surface area contributed by atoms with Gasteiger partial charge in [0.05, 0.1) is 0 Å². The van der Waals surface area contributed by atoms with Gasteiger partial charge in [-0.2, -0.15) is 0 Å². The number of rotatable bonds is 5. The first-order chi connectivity index (χ1) is 8.90. The quantitative estimate of drug-likeness (QED) is 0.584. The van der Waals surface area contributed by atoms with Crippen molar-refractivity contribution in [3.05, 3.63) is 85.0 Å². The van der Waals surface area contributed by atoms with E-state index in [9.17, 15) is 0 Å². The molecular formula is C17H16Se. The van der Waals surface area contributed by atoms with E-state index in [0.717, 1.165) is 6.42 Å². The Bertz CT molecular complexity index is 512. The minimum absolute atomic E-state index is 0.353. The average molecular weight is 299 g/mol. The van der Waals surface area contributed by atoms with Crippen molar-refractivity contribution in [2.24, 2.45) is 0 Å². The van der Waals surface area contributed by atoms with Crippen LogP contribution in [0, 0.1) is 0 Å². The molecule has 0 saturated heterocycles. The molecular weight excluding hydrogens is 283 g/mol. The minimum atomic E-state index is 0.353. The molecule has 0 radical (unpaired) electrons. The summed E-state index contributed by atoms with van der Waals surface area (Å²) in [7, 11) is 0. The van der Waals surface area contributed by atoms with Crippen LogP contribution in [0.3, 0.4) is 0 Å². The predicted octanol–water partition coefficient (Wildman–Crippen LogP) is 3.63. The Morgan fingerprint density at radius 3 is 2.17 bits per heavy atom. The van der Waals surface area contributed by atoms with Gasteiger partial charge in [0, 0.05) is 0 Å². The van der Waals surface area contributed by atoms with Crippen LogP contribution in [0.2, 0.25) is 0 Å². The molecule has 2 aromatic carbocycles. The van der Waals surface area contributed by atoms with Gasteiger partial charge in [-0.05, 0) is 0 Å². The maximum atomic E-state index is 3.80. The van der Waals surface area contributed by atoms with Crippen molar-refractivity contribution in [3.63, 3.8) is 0 Å². The molecule has 1 heteroatoms. The Morgan fingerprint density at radius 2 is 1.56 bits per heavy atom. The van der Waals surface area contributed by atoms with Crippen LogP contribution in [0.15, 0.2) is 79.4 Å². The van der Waals surface area contributed by atoms with Crippen molar-refractivity contribution in [3.8, 4) is 0 Å². The van der Waals surface area contributed by atoms with Gasteiger partial charge in [-0.1, -0.05) is 0 Å². The van der Waals surface area contributed by atoms with Gasteiger partial charge >= 0.3 is 115 Å². The number of hydrogen-bond donors (Lipinski definition) is 0. The Hall–Kier alpha value is -1.56. The Balaban J connectivity index is 2.24. The van der Waals surface area contributed by atoms with Gasteiger partial charge in [-0.25, -0.2) is 0 Å². The molecule has 0 atom stereocenters. The summed E-state index contributed by atoms with van der Waals surface area (Å²) in [4.78, 5) is 0. The van der Waals surface area contributed by atoms with E-state index in [-0.39, 0.29) is 0 Å². The van der Waals surface area contributed by atoms with E-state index in [4.69, 9.17) is 0 Å². The first-order valence-corrected chi connectivity index (χ1v) is 7.71. The van der Waals surface area contributed by atoms with Crippen molar-refractivity contribution in [1.29, 1.82) is 0 Å². The van der Waals surface area contributed by atoms with Gasteiger partial charge in [-0.3, -0.25) is 0 Å². The fourth-order valence-electron chi connectivity index (χ4n) is 1.63. The maximum absolute atomic E-state index is 3.80. The normalized spacial score (nSPS) is 11.2.